The standard InChI is InChI=1S/C9H15N3O/c10-4-8-5-11-12(6-8)7-9-2-1-3-13-9/h5-6,9H,1-4,7,10H2/t9-/m0/s1. The summed E-state index contributed by atoms with van der Waals surface area (Å²) in [5, 5.41) is 4.21. The van der Waals surface area contributed by atoms with E-state index in [4.69, 9.17) is 10.5 Å². The van der Waals surface area contributed by atoms with Crippen molar-refractivity contribution >= 4 is 0 Å². The average Bonchev–Trinajstić information content (AvgIpc) is 2.76. The molecule has 0 bridgehead atoms. The Balaban J connectivity index is 1.92. The molecule has 4 nitrogen and oxygen atoms in total. The zero-order valence-corrected chi connectivity index (χ0v) is 7.65. The monoisotopic (exact) mass is 181 g/mol. The van der Waals surface area contributed by atoms with Crippen LogP contribution in [0.1, 0.15) is 18.4 Å². The van der Waals surface area contributed by atoms with Crippen molar-refractivity contribution in [1.29, 1.82) is 0 Å². The second kappa shape index (κ2) is 3.89. The highest BCUT2D eigenvalue weighted by Crippen LogP contribution is 2.13. The van der Waals surface area contributed by atoms with Crippen molar-refractivity contribution < 1.29 is 4.74 Å². The predicted molar refractivity (Wildman–Crippen MR) is 49.1 cm³/mol. The van der Waals surface area contributed by atoms with Gasteiger partial charge < -0.3 is 10.5 Å². The summed E-state index contributed by atoms with van der Waals surface area (Å²) in [4.78, 5) is 0. The van der Waals surface area contributed by atoms with Crippen LogP contribution in [0.3, 0.4) is 0 Å². The largest absolute Gasteiger partial charge is 0.376 e. The average molecular weight is 181 g/mol. The molecule has 1 saturated heterocycles. The Morgan fingerprint density at radius 1 is 1.69 bits per heavy atom. The second-order valence-electron chi connectivity index (χ2n) is 3.41. The van der Waals surface area contributed by atoms with Crippen molar-refractivity contribution in [2.24, 2.45) is 5.73 Å². The van der Waals surface area contributed by atoms with Gasteiger partial charge in [0.15, 0.2) is 0 Å². The SMILES string of the molecule is NCc1cnn(C[C@@H]2CCCO2)c1. The van der Waals surface area contributed by atoms with Crippen LogP contribution in [-0.4, -0.2) is 22.5 Å². The Kier molecular flexibility index (Phi) is 2.61. The smallest absolute Gasteiger partial charge is 0.0771 e. The first kappa shape index (κ1) is 8.72. The lowest BCUT2D eigenvalue weighted by Crippen LogP contribution is -2.15. The van der Waals surface area contributed by atoms with Crippen molar-refractivity contribution in [3.63, 3.8) is 0 Å². The molecule has 1 fully saturated rings. The van der Waals surface area contributed by atoms with Gasteiger partial charge >= 0.3 is 0 Å². The van der Waals surface area contributed by atoms with Gasteiger partial charge in [-0.05, 0) is 12.8 Å². The fraction of sp³-hybridized carbons (Fsp3) is 0.667. The van der Waals surface area contributed by atoms with Gasteiger partial charge in [-0.1, -0.05) is 0 Å². The van der Waals surface area contributed by atoms with Crippen LogP contribution in [0.4, 0.5) is 0 Å². The van der Waals surface area contributed by atoms with Gasteiger partial charge in [-0.2, -0.15) is 5.10 Å². The van der Waals surface area contributed by atoms with Crippen LogP contribution >= 0.6 is 0 Å². The van der Waals surface area contributed by atoms with E-state index in [1.165, 1.54) is 6.42 Å². The van der Waals surface area contributed by atoms with Crippen molar-refractivity contribution in [3.05, 3.63) is 18.0 Å². The topological polar surface area (TPSA) is 53.1 Å². The number of nitrogens with zero attached hydrogens (tertiary/aromatic N) is 2. The van der Waals surface area contributed by atoms with E-state index in [-0.39, 0.29) is 0 Å². The molecular formula is C9H15N3O. The van der Waals surface area contributed by atoms with E-state index in [0.29, 0.717) is 12.6 Å². The van der Waals surface area contributed by atoms with Crippen LogP contribution < -0.4 is 5.73 Å². The van der Waals surface area contributed by atoms with E-state index in [0.717, 1.165) is 25.1 Å². The maximum Gasteiger partial charge on any atom is 0.0771 e. The normalized spacial score (nSPS) is 22.4. The van der Waals surface area contributed by atoms with Crippen LogP contribution in [-0.2, 0) is 17.8 Å². The summed E-state index contributed by atoms with van der Waals surface area (Å²) in [5.74, 6) is 0. The summed E-state index contributed by atoms with van der Waals surface area (Å²) in [6.07, 6.45) is 6.48. The fourth-order valence-electron chi connectivity index (χ4n) is 1.61. The van der Waals surface area contributed by atoms with Crippen LogP contribution in [0.15, 0.2) is 12.4 Å². The summed E-state index contributed by atoms with van der Waals surface area (Å²) in [5.41, 5.74) is 6.57. The minimum Gasteiger partial charge on any atom is -0.376 e. The third-order valence-electron chi connectivity index (χ3n) is 2.34. The molecule has 72 valence electrons. The van der Waals surface area contributed by atoms with Gasteiger partial charge in [0.05, 0.1) is 18.8 Å². The summed E-state index contributed by atoms with van der Waals surface area (Å²) in [6, 6.07) is 0. The predicted octanol–water partition coefficient (Wildman–Crippen LogP) is 0.521. The third kappa shape index (κ3) is 2.08. The van der Waals surface area contributed by atoms with Gasteiger partial charge in [-0.3, -0.25) is 4.68 Å². The molecule has 0 unspecified atom stereocenters. The summed E-state index contributed by atoms with van der Waals surface area (Å²) < 4.78 is 7.42. The maximum atomic E-state index is 5.51. The van der Waals surface area contributed by atoms with Gasteiger partial charge in [0, 0.05) is 24.9 Å². The molecule has 0 aromatic carbocycles. The Labute approximate surface area is 77.7 Å². The van der Waals surface area contributed by atoms with Crippen molar-refractivity contribution in [3.8, 4) is 0 Å². The quantitative estimate of drug-likeness (QED) is 0.739. The molecule has 4 heteroatoms. The summed E-state index contributed by atoms with van der Waals surface area (Å²) >= 11 is 0. The van der Waals surface area contributed by atoms with Crippen LogP contribution in [0.25, 0.3) is 0 Å². The summed E-state index contributed by atoms with van der Waals surface area (Å²) in [7, 11) is 0. The minimum absolute atomic E-state index is 0.352. The van der Waals surface area contributed by atoms with Crippen LogP contribution in [0.5, 0.6) is 0 Å². The van der Waals surface area contributed by atoms with Gasteiger partial charge in [0.1, 0.15) is 0 Å². The van der Waals surface area contributed by atoms with E-state index in [2.05, 4.69) is 5.10 Å². The van der Waals surface area contributed by atoms with E-state index in [9.17, 15) is 0 Å². The Bertz CT molecular complexity index is 266. The zero-order valence-electron chi connectivity index (χ0n) is 7.65. The van der Waals surface area contributed by atoms with Gasteiger partial charge in [0.25, 0.3) is 0 Å². The molecule has 0 amide bonds. The number of hydrogen-bond donors (Lipinski definition) is 1. The highest BCUT2D eigenvalue weighted by molar-refractivity contribution is 5.02. The van der Waals surface area contributed by atoms with Crippen molar-refractivity contribution in [2.45, 2.75) is 32.0 Å². The Morgan fingerprint density at radius 3 is 3.23 bits per heavy atom. The molecule has 2 rings (SSSR count). The second-order valence-corrected chi connectivity index (χ2v) is 3.41. The number of nitrogens with two attached hydrogens (primary N) is 1. The molecule has 1 atom stereocenters. The lowest BCUT2D eigenvalue weighted by molar-refractivity contribution is 0.0940. The molecular weight excluding hydrogens is 166 g/mol. The van der Waals surface area contributed by atoms with Crippen molar-refractivity contribution in [2.75, 3.05) is 6.61 Å². The summed E-state index contributed by atoms with van der Waals surface area (Å²) in [6.45, 7) is 2.32. The Morgan fingerprint density at radius 2 is 2.62 bits per heavy atom. The van der Waals surface area contributed by atoms with Gasteiger partial charge in [0.2, 0.25) is 0 Å². The van der Waals surface area contributed by atoms with Gasteiger partial charge in [-0.25, -0.2) is 0 Å². The van der Waals surface area contributed by atoms with Crippen molar-refractivity contribution in [1.82, 2.24) is 9.78 Å². The molecule has 1 aromatic heterocycles. The van der Waals surface area contributed by atoms with E-state index >= 15 is 0 Å². The molecule has 1 aliphatic rings. The third-order valence-corrected chi connectivity index (χ3v) is 2.34. The number of ether oxygens (including phenoxy) is 1. The molecule has 0 aliphatic carbocycles. The molecule has 1 aromatic rings. The number of hydrogen-bond acceptors (Lipinski definition) is 3. The van der Waals surface area contributed by atoms with Crippen LogP contribution in [0.2, 0.25) is 0 Å². The number of rotatable bonds is 3. The minimum atomic E-state index is 0.352. The number of aromatic nitrogens is 2. The lowest BCUT2D eigenvalue weighted by Gasteiger charge is -2.08. The zero-order chi connectivity index (χ0) is 9.10. The molecule has 1 aliphatic heterocycles. The van der Waals surface area contributed by atoms with Crippen LogP contribution in [0, 0.1) is 0 Å². The molecule has 2 heterocycles. The molecule has 2 N–H and O–H groups in total. The van der Waals surface area contributed by atoms with E-state index < -0.39 is 0 Å². The highest BCUT2D eigenvalue weighted by atomic mass is 16.5. The molecule has 13 heavy (non-hydrogen) atoms. The molecule has 0 spiro atoms. The maximum absolute atomic E-state index is 5.51. The first-order valence-corrected chi connectivity index (χ1v) is 4.71. The molecule has 0 radical (unpaired) electrons. The van der Waals surface area contributed by atoms with E-state index in [1.807, 2.05) is 17.1 Å². The molecule has 0 saturated carbocycles. The van der Waals surface area contributed by atoms with E-state index in [1.54, 1.807) is 0 Å². The van der Waals surface area contributed by atoms with Gasteiger partial charge in [-0.15, -0.1) is 0 Å². The lowest BCUT2D eigenvalue weighted by atomic mass is 10.2. The first-order chi connectivity index (χ1) is 6.38. The first-order valence-electron chi connectivity index (χ1n) is 4.71. The highest BCUT2D eigenvalue weighted by Gasteiger charge is 2.15. The Hall–Kier alpha value is -0.870. The fourth-order valence-corrected chi connectivity index (χ4v) is 1.61.